The van der Waals surface area contributed by atoms with E-state index in [1.165, 1.54) is 24.0 Å². The normalized spacial score (nSPS) is 13.9. The molecular weight excluding hydrogens is 260 g/mol. The van der Waals surface area contributed by atoms with Crippen molar-refractivity contribution < 1.29 is 4.79 Å². The molecule has 1 fully saturated rings. The van der Waals surface area contributed by atoms with E-state index < -0.39 is 0 Å². The van der Waals surface area contributed by atoms with E-state index in [2.05, 4.69) is 29.6 Å². The zero-order chi connectivity index (χ0) is 14.7. The predicted octanol–water partition coefficient (Wildman–Crippen LogP) is 3.20. The second kappa shape index (κ2) is 6.00. The van der Waals surface area contributed by atoms with Crippen molar-refractivity contribution in [2.45, 2.75) is 31.7 Å². The second-order valence-corrected chi connectivity index (χ2v) is 5.67. The van der Waals surface area contributed by atoms with Gasteiger partial charge in [-0.05, 0) is 47.6 Å². The van der Waals surface area contributed by atoms with Gasteiger partial charge in [-0.15, -0.1) is 0 Å². The van der Waals surface area contributed by atoms with Crippen LogP contribution in [0.4, 0.5) is 5.69 Å². The number of hydrogen-bond donors (Lipinski definition) is 2. The number of primary amides is 1. The Morgan fingerprint density at radius 3 is 2.48 bits per heavy atom. The fourth-order valence-electron chi connectivity index (χ4n) is 2.63. The van der Waals surface area contributed by atoms with E-state index in [9.17, 15) is 4.79 Å². The molecule has 108 valence electrons. The molecule has 3 rings (SSSR count). The van der Waals surface area contributed by atoms with Crippen molar-refractivity contribution in [3.8, 4) is 0 Å². The molecular formula is C18H20N2O. The molecule has 0 radical (unpaired) electrons. The van der Waals surface area contributed by atoms with Crippen LogP contribution in [0.15, 0.2) is 48.5 Å². The molecule has 21 heavy (non-hydrogen) atoms. The van der Waals surface area contributed by atoms with E-state index in [0.29, 0.717) is 6.42 Å². The van der Waals surface area contributed by atoms with Crippen molar-refractivity contribution in [1.82, 2.24) is 0 Å². The molecule has 3 nitrogen and oxygen atoms in total. The number of nitrogens with one attached hydrogen (secondary N) is 1. The second-order valence-electron chi connectivity index (χ2n) is 5.67. The molecule has 0 atom stereocenters. The molecule has 0 heterocycles. The van der Waals surface area contributed by atoms with Crippen molar-refractivity contribution in [2.75, 3.05) is 5.32 Å². The van der Waals surface area contributed by atoms with E-state index in [0.717, 1.165) is 23.7 Å². The van der Waals surface area contributed by atoms with Crippen LogP contribution in [0.1, 0.15) is 35.4 Å². The number of benzene rings is 2. The molecule has 1 saturated carbocycles. The highest BCUT2D eigenvalue weighted by molar-refractivity contribution is 5.76. The molecule has 0 aromatic heterocycles. The van der Waals surface area contributed by atoms with Gasteiger partial charge < -0.3 is 11.1 Å². The summed E-state index contributed by atoms with van der Waals surface area (Å²) in [5.41, 5.74) is 10.1. The van der Waals surface area contributed by atoms with E-state index >= 15 is 0 Å². The zero-order valence-corrected chi connectivity index (χ0v) is 12.0. The van der Waals surface area contributed by atoms with Crippen LogP contribution in [0, 0.1) is 0 Å². The highest BCUT2D eigenvalue weighted by atomic mass is 16.1. The summed E-state index contributed by atoms with van der Waals surface area (Å²) < 4.78 is 0. The first-order chi connectivity index (χ1) is 10.2. The van der Waals surface area contributed by atoms with Gasteiger partial charge in [0.25, 0.3) is 0 Å². The van der Waals surface area contributed by atoms with Crippen molar-refractivity contribution in [3.05, 3.63) is 65.2 Å². The Labute approximate surface area is 125 Å². The molecule has 0 saturated heterocycles. The van der Waals surface area contributed by atoms with Crippen LogP contribution in [0.25, 0.3) is 0 Å². The van der Waals surface area contributed by atoms with Crippen LogP contribution in [-0.4, -0.2) is 5.91 Å². The first kappa shape index (κ1) is 13.7. The molecule has 0 bridgehead atoms. The van der Waals surface area contributed by atoms with Gasteiger partial charge >= 0.3 is 0 Å². The molecule has 3 heteroatoms. The highest BCUT2D eigenvalue weighted by Gasteiger charge is 2.25. The minimum atomic E-state index is -0.297. The summed E-state index contributed by atoms with van der Waals surface area (Å²) in [5.74, 6) is 0.468. The van der Waals surface area contributed by atoms with Crippen molar-refractivity contribution in [1.29, 1.82) is 0 Å². The van der Waals surface area contributed by atoms with Gasteiger partial charge in [-0.25, -0.2) is 0 Å². The number of hydrogen-bond acceptors (Lipinski definition) is 2. The Balaban J connectivity index is 1.63. The highest BCUT2D eigenvalue weighted by Crippen LogP contribution is 2.41. The maximum absolute atomic E-state index is 10.9. The quantitative estimate of drug-likeness (QED) is 0.853. The molecule has 0 aliphatic heterocycles. The van der Waals surface area contributed by atoms with Crippen LogP contribution < -0.4 is 11.1 Å². The molecule has 2 aromatic carbocycles. The van der Waals surface area contributed by atoms with Gasteiger partial charge in [0.05, 0.1) is 6.42 Å². The topological polar surface area (TPSA) is 55.1 Å². The molecule has 1 aliphatic rings. The average Bonchev–Trinajstić information content (AvgIpc) is 3.31. The molecule has 1 amide bonds. The third-order valence-corrected chi connectivity index (χ3v) is 3.89. The van der Waals surface area contributed by atoms with E-state index in [1.54, 1.807) is 0 Å². The molecule has 1 aliphatic carbocycles. The van der Waals surface area contributed by atoms with Crippen LogP contribution >= 0.6 is 0 Å². The number of amides is 1. The van der Waals surface area contributed by atoms with Crippen molar-refractivity contribution in [2.24, 2.45) is 5.73 Å². The lowest BCUT2D eigenvalue weighted by Gasteiger charge is -2.11. The Hall–Kier alpha value is -2.29. The molecule has 3 N–H and O–H groups in total. The zero-order valence-electron chi connectivity index (χ0n) is 12.0. The van der Waals surface area contributed by atoms with Gasteiger partial charge in [0.2, 0.25) is 5.91 Å². The van der Waals surface area contributed by atoms with Gasteiger partial charge in [-0.1, -0.05) is 36.4 Å². The maximum Gasteiger partial charge on any atom is 0.221 e. The van der Waals surface area contributed by atoms with Gasteiger partial charge in [0.15, 0.2) is 0 Å². The standard InChI is InChI=1S/C18H20N2O/c19-18(21)11-13-5-9-16(10-6-13)20-12-15-3-1-2-4-17(15)14-7-8-14/h1-6,9-10,14,20H,7-8,11-12H2,(H2,19,21). The summed E-state index contributed by atoms with van der Waals surface area (Å²) in [6, 6.07) is 16.5. The Morgan fingerprint density at radius 2 is 1.81 bits per heavy atom. The molecule has 0 spiro atoms. The smallest absolute Gasteiger partial charge is 0.221 e. The third-order valence-electron chi connectivity index (χ3n) is 3.89. The third kappa shape index (κ3) is 3.63. The minimum Gasteiger partial charge on any atom is -0.381 e. The first-order valence-electron chi connectivity index (χ1n) is 7.41. The summed E-state index contributed by atoms with van der Waals surface area (Å²) in [4.78, 5) is 10.9. The number of nitrogens with two attached hydrogens (primary N) is 1. The minimum absolute atomic E-state index is 0.296. The Bertz CT molecular complexity index is 630. The average molecular weight is 280 g/mol. The van der Waals surface area contributed by atoms with Crippen molar-refractivity contribution in [3.63, 3.8) is 0 Å². The van der Waals surface area contributed by atoms with Gasteiger partial charge in [0, 0.05) is 12.2 Å². The lowest BCUT2D eigenvalue weighted by Crippen LogP contribution is -2.13. The Kier molecular flexibility index (Phi) is 3.91. The molecule has 0 unspecified atom stereocenters. The van der Waals surface area contributed by atoms with E-state index in [4.69, 9.17) is 5.73 Å². The predicted molar refractivity (Wildman–Crippen MR) is 85.1 cm³/mol. The maximum atomic E-state index is 10.9. The summed E-state index contributed by atoms with van der Waals surface area (Å²) in [7, 11) is 0. The number of anilines is 1. The summed E-state index contributed by atoms with van der Waals surface area (Å²) >= 11 is 0. The van der Waals surface area contributed by atoms with Gasteiger partial charge in [-0.2, -0.15) is 0 Å². The number of rotatable bonds is 6. The SMILES string of the molecule is NC(=O)Cc1ccc(NCc2ccccc2C2CC2)cc1. The summed E-state index contributed by atoms with van der Waals surface area (Å²) in [6.07, 6.45) is 2.93. The van der Waals surface area contributed by atoms with Crippen LogP contribution in [0.5, 0.6) is 0 Å². The summed E-state index contributed by atoms with van der Waals surface area (Å²) in [5, 5.41) is 3.45. The van der Waals surface area contributed by atoms with Gasteiger partial charge in [0.1, 0.15) is 0 Å². The van der Waals surface area contributed by atoms with E-state index in [-0.39, 0.29) is 5.91 Å². The molecule has 2 aromatic rings. The lowest BCUT2D eigenvalue weighted by atomic mass is 10.0. The van der Waals surface area contributed by atoms with Gasteiger partial charge in [-0.3, -0.25) is 4.79 Å². The van der Waals surface area contributed by atoms with Crippen molar-refractivity contribution >= 4 is 11.6 Å². The fraction of sp³-hybridized carbons (Fsp3) is 0.278. The van der Waals surface area contributed by atoms with Crippen LogP contribution in [0.2, 0.25) is 0 Å². The Morgan fingerprint density at radius 1 is 1.10 bits per heavy atom. The lowest BCUT2D eigenvalue weighted by molar-refractivity contribution is -0.117. The first-order valence-corrected chi connectivity index (χ1v) is 7.41. The largest absolute Gasteiger partial charge is 0.381 e. The fourth-order valence-corrected chi connectivity index (χ4v) is 2.63. The summed E-state index contributed by atoms with van der Waals surface area (Å²) in [6.45, 7) is 0.835. The van der Waals surface area contributed by atoms with E-state index in [1.807, 2.05) is 24.3 Å². The number of carbonyl (C=O) groups excluding carboxylic acids is 1. The van der Waals surface area contributed by atoms with Crippen LogP contribution in [0.3, 0.4) is 0 Å². The monoisotopic (exact) mass is 280 g/mol. The number of carbonyl (C=O) groups is 1. The van der Waals surface area contributed by atoms with Crippen LogP contribution in [-0.2, 0) is 17.8 Å².